The zero-order valence-corrected chi connectivity index (χ0v) is 14.9. The number of carbonyl (C=O) groups excluding carboxylic acids is 4. The van der Waals surface area contributed by atoms with E-state index in [1.165, 1.54) is 0 Å². The summed E-state index contributed by atoms with van der Waals surface area (Å²) >= 11 is 0. The Morgan fingerprint density at radius 1 is 1.00 bits per heavy atom. The van der Waals surface area contributed by atoms with Gasteiger partial charge in [0, 0.05) is 6.42 Å². The standard InChI is InChI=1S/C15H27N5O6/c1-8(2)5-10(19-13(23)7-18-12(22)6-16)14(24)20-9(15(25)26)3-4-11(17)21/h8-10H,3-7,16H2,1-2H3,(H2,17,21)(H,18,22)(H,19,23)(H,20,24)(H,25,26)/t9-,10-/m0/s1. The van der Waals surface area contributed by atoms with Crippen LogP contribution in [0.25, 0.3) is 0 Å². The molecule has 0 saturated heterocycles. The highest BCUT2D eigenvalue weighted by atomic mass is 16.4. The first-order valence-electron chi connectivity index (χ1n) is 8.14. The Balaban J connectivity index is 4.89. The average molecular weight is 373 g/mol. The normalized spacial score (nSPS) is 12.8. The number of hydrogen-bond acceptors (Lipinski definition) is 6. The van der Waals surface area contributed by atoms with Crippen molar-refractivity contribution in [2.24, 2.45) is 17.4 Å². The fourth-order valence-electron chi connectivity index (χ4n) is 2.02. The number of primary amides is 1. The second kappa shape index (κ2) is 11.8. The number of nitrogens with two attached hydrogens (primary N) is 2. The van der Waals surface area contributed by atoms with Gasteiger partial charge >= 0.3 is 5.97 Å². The van der Waals surface area contributed by atoms with E-state index in [1.54, 1.807) is 0 Å². The molecule has 0 fully saturated rings. The maximum atomic E-state index is 12.4. The van der Waals surface area contributed by atoms with Gasteiger partial charge in [-0.25, -0.2) is 4.79 Å². The molecule has 0 aromatic heterocycles. The number of hydrogen-bond donors (Lipinski definition) is 6. The molecule has 26 heavy (non-hydrogen) atoms. The van der Waals surface area contributed by atoms with Gasteiger partial charge in [-0.2, -0.15) is 0 Å². The third-order valence-electron chi connectivity index (χ3n) is 3.28. The molecule has 0 aliphatic carbocycles. The summed E-state index contributed by atoms with van der Waals surface area (Å²) in [5, 5.41) is 16.1. The minimum Gasteiger partial charge on any atom is -0.480 e. The van der Waals surface area contributed by atoms with Crippen LogP contribution in [0.4, 0.5) is 0 Å². The number of carboxylic acid groups (broad SMARTS) is 1. The maximum Gasteiger partial charge on any atom is 0.326 e. The fourth-order valence-corrected chi connectivity index (χ4v) is 2.02. The molecule has 0 spiro atoms. The lowest BCUT2D eigenvalue weighted by Crippen LogP contribution is -2.53. The Hall–Kier alpha value is -2.69. The zero-order valence-electron chi connectivity index (χ0n) is 14.9. The molecule has 0 heterocycles. The number of amides is 4. The SMILES string of the molecule is CC(C)C[C@H](NC(=O)CNC(=O)CN)C(=O)N[C@@H](CCC(N)=O)C(=O)O. The summed E-state index contributed by atoms with van der Waals surface area (Å²) in [7, 11) is 0. The number of carboxylic acids is 1. The highest BCUT2D eigenvalue weighted by Crippen LogP contribution is 2.06. The van der Waals surface area contributed by atoms with E-state index in [-0.39, 0.29) is 38.3 Å². The van der Waals surface area contributed by atoms with E-state index in [2.05, 4.69) is 16.0 Å². The van der Waals surface area contributed by atoms with Crippen molar-refractivity contribution in [3.05, 3.63) is 0 Å². The van der Waals surface area contributed by atoms with E-state index >= 15 is 0 Å². The average Bonchev–Trinajstić information content (AvgIpc) is 2.54. The molecule has 8 N–H and O–H groups in total. The quantitative estimate of drug-likeness (QED) is 0.216. The number of carbonyl (C=O) groups is 5. The summed E-state index contributed by atoms with van der Waals surface area (Å²) in [6.45, 7) is 3.01. The molecule has 0 aromatic carbocycles. The van der Waals surface area contributed by atoms with Crippen LogP contribution in [0.2, 0.25) is 0 Å². The first-order valence-corrected chi connectivity index (χ1v) is 8.14. The van der Waals surface area contributed by atoms with Crippen LogP contribution in [0.5, 0.6) is 0 Å². The minimum absolute atomic E-state index is 0.0265. The van der Waals surface area contributed by atoms with Crippen LogP contribution < -0.4 is 27.4 Å². The number of nitrogens with one attached hydrogen (secondary N) is 3. The van der Waals surface area contributed by atoms with E-state index < -0.39 is 41.7 Å². The molecule has 148 valence electrons. The summed E-state index contributed by atoms with van der Waals surface area (Å²) in [5.41, 5.74) is 10.1. The molecular weight excluding hydrogens is 346 g/mol. The van der Waals surface area contributed by atoms with Crippen LogP contribution in [-0.4, -0.2) is 59.9 Å². The van der Waals surface area contributed by atoms with Gasteiger partial charge in [0.1, 0.15) is 12.1 Å². The van der Waals surface area contributed by atoms with Crippen molar-refractivity contribution in [2.45, 2.75) is 45.2 Å². The number of rotatable bonds is 12. The predicted molar refractivity (Wildman–Crippen MR) is 91.4 cm³/mol. The highest BCUT2D eigenvalue weighted by molar-refractivity contribution is 5.92. The summed E-state index contributed by atoms with van der Waals surface area (Å²) in [6, 6.07) is -2.30. The zero-order chi connectivity index (χ0) is 20.3. The summed E-state index contributed by atoms with van der Waals surface area (Å²) in [6.07, 6.45) is -0.112. The second-order valence-electron chi connectivity index (χ2n) is 6.13. The van der Waals surface area contributed by atoms with Gasteiger partial charge in [-0.15, -0.1) is 0 Å². The van der Waals surface area contributed by atoms with Gasteiger partial charge in [0.2, 0.25) is 23.6 Å². The molecule has 0 radical (unpaired) electrons. The van der Waals surface area contributed by atoms with Gasteiger partial charge in [0.15, 0.2) is 0 Å². The van der Waals surface area contributed by atoms with Crippen LogP contribution in [-0.2, 0) is 24.0 Å². The van der Waals surface area contributed by atoms with Gasteiger partial charge in [0.05, 0.1) is 13.1 Å². The lowest BCUT2D eigenvalue weighted by molar-refractivity contribution is -0.142. The van der Waals surface area contributed by atoms with Crippen molar-refractivity contribution in [3.63, 3.8) is 0 Å². The predicted octanol–water partition coefficient (Wildman–Crippen LogP) is -2.57. The largest absolute Gasteiger partial charge is 0.480 e. The third kappa shape index (κ3) is 10.2. The molecule has 2 atom stereocenters. The van der Waals surface area contributed by atoms with Crippen molar-refractivity contribution in [1.82, 2.24) is 16.0 Å². The topological polar surface area (TPSA) is 194 Å². The lowest BCUT2D eigenvalue weighted by Gasteiger charge is -2.22. The molecule has 0 rings (SSSR count). The molecule has 0 unspecified atom stereocenters. The van der Waals surface area contributed by atoms with Crippen LogP contribution >= 0.6 is 0 Å². The highest BCUT2D eigenvalue weighted by Gasteiger charge is 2.27. The third-order valence-corrected chi connectivity index (χ3v) is 3.28. The maximum absolute atomic E-state index is 12.4. The van der Waals surface area contributed by atoms with Crippen LogP contribution in [0.3, 0.4) is 0 Å². The van der Waals surface area contributed by atoms with Crippen LogP contribution in [0, 0.1) is 5.92 Å². The second-order valence-corrected chi connectivity index (χ2v) is 6.13. The van der Waals surface area contributed by atoms with Gasteiger partial charge in [-0.05, 0) is 18.8 Å². The van der Waals surface area contributed by atoms with Crippen LogP contribution in [0.1, 0.15) is 33.1 Å². The summed E-state index contributed by atoms with van der Waals surface area (Å²) in [4.78, 5) is 57.3. The van der Waals surface area contributed by atoms with E-state index in [0.717, 1.165) is 0 Å². The Bertz CT molecular complexity index is 537. The van der Waals surface area contributed by atoms with E-state index in [0.29, 0.717) is 0 Å². The van der Waals surface area contributed by atoms with E-state index in [4.69, 9.17) is 16.6 Å². The van der Waals surface area contributed by atoms with Crippen molar-refractivity contribution < 1.29 is 29.1 Å². The molecule has 0 saturated carbocycles. The molecule has 4 amide bonds. The van der Waals surface area contributed by atoms with E-state index in [9.17, 15) is 24.0 Å². The fraction of sp³-hybridized carbons (Fsp3) is 0.667. The Labute approximate surface area is 151 Å². The van der Waals surface area contributed by atoms with Crippen LogP contribution in [0.15, 0.2) is 0 Å². The van der Waals surface area contributed by atoms with E-state index in [1.807, 2.05) is 13.8 Å². The lowest BCUT2D eigenvalue weighted by atomic mass is 10.0. The molecule has 0 bridgehead atoms. The van der Waals surface area contributed by atoms with Gasteiger partial charge in [-0.1, -0.05) is 13.8 Å². The smallest absolute Gasteiger partial charge is 0.326 e. The molecule has 11 nitrogen and oxygen atoms in total. The molecule has 0 aromatic rings. The Kier molecular flexibility index (Phi) is 10.6. The summed E-state index contributed by atoms with van der Waals surface area (Å²) < 4.78 is 0. The summed E-state index contributed by atoms with van der Waals surface area (Å²) in [5.74, 6) is -3.82. The molecule has 0 aliphatic rings. The van der Waals surface area contributed by atoms with Crippen molar-refractivity contribution in [2.75, 3.05) is 13.1 Å². The Morgan fingerprint density at radius 3 is 2.08 bits per heavy atom. The van der Waals surface area contributed by atoms with Gasteiger partial charge in [-0.3, -0.25) is 19.2 Å². The molecular formula is C15H27N5O6. The Morgan fingerprint density at radius 2 is 1.62 bits per heavy atom. The van der Waals surface area contributed by atoms with Gasteiger partial charge in [0.25, 0.3) is 0 Å². The number of aliphatic carboxylic acids is 1. The van der Waals surface area contributed by atoms with Crippen molar-refractivity contribution in [3.8, 4) is 0 Å². The first kappa shape index (κ1) is 23.3. The first-order chi connectivity index (χ1) is 12.1. The molecule has 0 aliphatic heterocycles. The minimum atomic E-state index is -1.32. The van der Waals surface area contributed by atoms with Crippen molar-refractivity contribution >= 4 is 29.6 Å². The van der Waals surface area contributed by atoms with Crippen molar-refractivity contribution in [1.29, 1.82) is 0 Å². The van der Waals surface area contributed by atoms with Gasteiger partial charge < -0.3 is 32.5 Å². The monoisotopic (exact) mass is 373 g/mol. The molecule has 11 heteroatoms.